The second kappa shape index (κ2) is 8.95. The smallest absolute Gasteiger partial charge is 0.223 e. The van der Waals surface area contributed by atoms with Gasteiger partial charge >= 0.3 is 0 Å². The van der Waals surface area contributed by atoms with Gasteiger partial charge in [-0.2, -0.15) is 0 Å². The molecule has 1 atom stereocenters. The van der Waals surface area contributed by atoms with Crippen molar-refractivity contribution >= 4 is 22.5 Å². The van der Waals surface area contributed by atoms with Gasteiger partial charge in [-0.25, -0.2) is 0 Å². The Hall–Kier alpha value is -2.20. The lowest BCUT2D eigenvalue weighted by molar-refractivity contribution is -0.133. The number of Topliss-reactive ketones (excluding diaryl/α,β-unsaturated/α-hetero) is 1. The predicted molar refractivity (Wildman–Crippen MR) is 103 cm³/mol. The maximum absolute atomic E-state index is 12.7. The molecule has 1 heterocycles. The van der Waals surface area contributed by atoms with Crippen LogP contribution in [0.15, 0.2) is 42.5 Å². The zero-order valence-electron chi connectivity index (χ0n) is 15.4. The summed E-state index contributed by atoms with van der Waals surface area (Å²) in [6.45, 7) is 2.35. The van der Waals surface area contributed by atoms with Gasteiger partial charge < -0.3 is 9.64 Å². The first-order valence-electron chi connectivity index (χ1n) is 9.46. The minimum atomic E-state index is 0.0445. The number of rotatable bonds is 7. The van der Waals surface area contributed by atoms with E-state index in [1.165, 1.54) is 0 Å². The first-order chi connectivity index (χ1) is 12.7. The molecule has 0 N–H and O–H groups in total. The van der Waals surface area contributed by atoms with Gasteiger partial charge in [0.2, 0.25) is 5.91 Å². The van der Waals surface area contributed by atoms with Gasteiger partial charge in [0.1, 0.15) is 0 Å². The largest absolute Gasteiger partial charge is 0.385 e. The second-order valence-electron chi connectivity index (χ2n) is 7.08. The van der Waals surface area contributed by atoms with Crippen molar-refractivity contribution in [3.05, 3.63) is 48.0 Å². The van der Waals surface area contributed by atoms with Gasteiger partial charge in [-0.15, -0.1) is 0 Å². The normalized spacial score (nSPS) is 17.4. The molecule has 1 amide bonds. The number of nitrogens with zero attached hydrogens (tertiary/aromatic N) is 1. The Bertz CT molecular complexity index is 766. The number of ketones is 1. The lowest BCUT2D eigenvalue weighted by Crippen LogP contribution is -2.40. The van der Waals surface area contributed by atoms with Gasteiger partial charge in [-0.3, -0.25) is 9.59 Å². The molecule has 0 aromatic heterocycles. The molecular weight excluding hydrogens is 326 g/mol. The molecule has 0 spiro atoms. The van der Waals surface area contributed by atoms with Crippen LogP contribution >= 0.6 is 0 Å². The van der Waals surface area contributed by atoms with Crippen molar-refractivity contribution < 1.29 is 14.3 Å². The lowest BCUT2D eigenvalue weighted by atomic mass is 9.94. The average Bonchev–Trinajstić information content (AvgIpc) is 2.70. The van der Waals surface area contributed by atoms with Crippen LogP contribution in [0.5, 0.6) is 0 Å². The van der Waals surface area contributed by atoms with Crippen LogP contribution in [0.2, 0.25) is 0 Å². The number of carbonyl (C=O) groups excluding carboxylic acids is 2. The molecule has 1 aliphatic rings. The SMILES string of the molecule is COCCC1CCCN(C(=O)CCC(=O)c2cccc3ccccc23)C1. The van der Waals surface area contributed by atoms with E-state index in [9.17, 15) is 9.59 Å². The molecule has 138 valence electrons. The molecule has 1 fully saturated rings. The first-order valence-corrected chi connectivity index (χ1v) is 9.46. The van der Waals surface area contributed by atoms with E-state index < -0.39 is 0 Å². The highest BCUT2D eigenvalue weighted by Crippen LogP contribution is 2.22. The molecule has 0 bridgehead atoms. The van der Waals surface area contributed by atoms with Crippen molar-refractivity contribution in [1.82, 2.24) is 4.90 Å². The number of ether oxygens (including phenoxy) is 1. The summed E-state index contributed by atoms with van der Waals surface area (Å²) in [4.78, 5) is 27.2. The van der Waals surface area contributed by atoms with Crippen LogP contribution in [-0.4, -0.2) is 43.4 Å². The minimum absolute atomic E-state index is 0.0445. The molecular formula is C22H27NO3. The van der Waals surface area contributed by atoms with E-state index in [1.807, 2.05) is 47.4 Å². The number of likely N-dealkylation sites (tertiary alicyclic amines) is 1. The van der Waals surface area contributed by atoms with E-state index in [1.54, 1.807) is 7.11 Å². The van der Waals surface area contributed by atoms with Crippen LogP contribution in [0.1, 0.15) is 42.5 Å². The summed E-state index contributed by atoms with van der Waals surface area (Å²) in [6.07, 6.45) is 3.75. The second-order valence-corrected chi connectivity index (χ2v) is 7.08. The van der Waals surface area contributed by atoms with Crippen LogP contribution in [-0.2, 0) is 9.53 Å². The molecule has 0 radical (unpaired) electrons. The van der Waals surface area contributed by atoms with Crippen molar-refractivity contribution in [3.8, 4) is 0 Å². The van der Waals surface area contributed by atoms with Gasteiger partial charge in [0.15, 0.2) is 5.78 Å². The van der Waals surface area contributed by atoms with Crippen LogP contribution in [0.3, 0.4) is 0 Å². The maximum Gasteiger partial charge on any atom is 0.223 e. The van der Waals surface area contributed by atoms with E-state index in [-0.39, 0.29) is 18.1 Å². The third-order valence-corrected chi connectivity index (χ3v) is 5.26. The van der Waals surface area contributed by atoms with Crippen molar-refractivity contribution in [2.24, 2.45) is 5.92 Å². The van der Waals surface area contributed by atoms with E-state index in [0.29, 0.717) is 17.9 Å². The standard InChI is InChI=1S/C22H27NO3/c1-26-15-13-17-6-5-14-23(16-17)22(25)12-11-21(24)20-10-4-8-18-7-2-3-9-19(18)20/h2-4,7-10,17H,5-6,11-16H2,1H3. The van der Waals surface area contributed by atoms with Crippen LogP contribution in [0.25, 0.3) is 10.8 Å². The van der Waals surface area contributed by atoms with E-state index in [2.05, 4.69) is 0 Å². The molecule has 1 aliphatic heterocycles. The summed E-state index contributed by atoms with van der Waals surface area (Å²) in [7, 11) is 1.71. The molecule has 1 unspecified atom stereocenters. The summed E-state index contributed by atoms with van der Waals surface area (Å²) in [5, 5.41) is 2.02. The topological polar surface area (TPSA) is 46.6 Å². The first kappa shape index (κ1) is 18.6. The molecule has 4 heteroatoms. The van der Waals surface area contributed by atoms with Crippen molar-refractivity contribution in [2.75, 3.05) is 26.8 Å². The van der Waals surface area contributed by atoms with Crippen LogP contribution < -0.4 is 0 Å². The number of fused-ring (bicyclic) bond motifs is 1. The fraction of sp³-hybridized carbons (Fsp3) is 0.455. The van der Waals surface area contributed by atoms with E-state index >= 15 is 0 Å². The lowest BCUT2D eigenvalue weighted by Gasteiger charge is -2.32. The Kier molecular flexibility index (Phi) is 6.40. The number of piperidine rings is 1. The Morgan fingerprint density at radius 1 is 1.12 bits per heavy atom. The molecule has 2 aromatic rings. The van der Waals surface area contributed by atoms with Gasteiger partial charge in [0, 0.05) is 45.2 Å². The summed E-state index contributed by atoms with van der Waals surface area (Å²) in [6, 6.07) is 13.7. The monoisotopic (exact) mass is 353 g/mol. The number of benzene rings is 2. The number of carbonyl (C=O) groups is 2. The number of amides is 1. The van der Waals surface area contributed by atoms with Crippen molar-refractivity contribution in [2.45, 2.75) is 32.1 Å². The molecule has 0 saturated carbocycles. The number of methoxy groups -OCH3 is 1. The van der Waals surface area contributed by atoms with Gasteiger partial charge in [-0.05, 0) is 36.0 Å². The molecule has 1 saturated heterocycles. The van der Waals surface area contributed by atoms with Gasteiger partial charge in [-0.1, -0.05) is 42.5 Å². The zero-order valence-corrected chi connectivity index (χ0v) is 15.4. The number of hydrogen-bond donors (Lipinski definition) is 0. The molecule has 26 heavy (non-hydrogen) atoms. The highest BCUT2D eigenvalue weighted by Gasteiger charge is 2.24. The minimum Gasteiger partial charge on any atom is -0.385 e. The van der Waals surface area contributed by atoms with Crippen LogP contribution in [0, 0.1) is 5.92 Å². The number of hydrogen-bond acceptors (Lipinski definition) is 3. The maximum atomic E-state index is 12.7. The van der Waals surface area contributed by atoms with Crippen molar-refractivity contribution in [3.63, 3.8) is 0 Å². The fourth-order valence-corrected chi connectivity index (χ4v) is 3.79. The van der Waals surface area contributed by atoms with Crippen molar-refractivity contribution in [1.29, 1.82) is 0 Å². The summed E-state index contributed by atoms with van der Waals surface area (Å²) >= 11 is 0. The highest BCUT2D eigenvalue weighted by atomic mass is 16.5. The highest BCUT2D eigenvalue weighted by molar-refractivity contribution is 6.08. The van der Waals surface area contributed by atoms with E-state index in [0.717, 1.165) is 49.7 Å². The summed E-state index contributed by atoms with van der Waals surface area (Å²) in [5.74, 6) is 0.658. The molecule has 4 nitrogen and oxygen atoms in total. The fourth-order valence-electron chi connectivity index (χ4n) is 3.79. The zero-order chi connectivity index (χ0) is 18.4. The Labute approximate surface area is 155 Å². The van der Waals surface area contributed by atoms with Gasteiger partial charge in [0.25, 0.3) is 0 Å². The third kappa shape index (κ3) is 4.50. The van der Waals surface area contributed by atoms with Gasteiger partial charge in [0.05, 0.1) is 0 Å². The summed E-state index contributed by atoms with van der Waals surface area (Å²) in [5.41, 5.74) is 0.715. The quantitative estimate of drug-likeness (QED) is 0.705. The third-order valence-electron chi connectivity index (χ3n) is 5.26. The summed E-state index contributed by atoms with van der Waals surface area (Å²) < 4.78 is 5.16. The van der Waals surface area contributed by atoms with Crippen LogP contribution in [0.4, 0.5) is 0 Å². The Balaban J connectivity index is 1.57. The Morgan fingerprint density at radius 2 is 1.92 bits per heavy atom. The average molecular weight is 353 g/mol. The molecule has 0 aliphatic carbocycles. The molecule has 2 aromatic carbocycles. The van der Waals surface area contributed by atoms with E-state index in [4.69, 9.17) is 4.74 Å². The predicted octanol–water partition coefficient (Wildman–Crippen LogP) is 4.08. The Morgan fingerprint density at radius 3 is 2.77 bits per heavy atom. The molecule has 3 rings (SSSR count).